The molecule has 0 amide bonds. The molecule has 0 unspecified atom stereocenters. The van der Waals surface area contributed by atoms with Crippen LogP contribution >= 0.6 is 11.3 Å². The monoisotopic (exact) mass is 458 g/mol. The topological polar surface area (TPSA) is 72.0 Å². The number of hydrogen-bond donors (Lipinski definition) is 2. The number of anilines is 1. The average Bonchev–Trinajstić information content (AvgIpc) is 3.47. The first kappa shape index (κ1) is 21.8. The summed E-state index contributed by atoms with van der Waals surface area (Å²) in [5.41, 5.74) is 11.9. The fraction of sp³-hybridized carbons (Fsp3) is 0.308. The lowest BCUT2D eigenvalue weighted by molar-refractivity contribution is 0.201. The molecule has 0 radical (unpaired) electrons. The van der Waals surface area contributed by atoms with Crippen molar-refractivity contribution in [2.75, 3.05) is 18.4 Å². The molecule has 1 fully saturated rings. The van der Waals surface area contributed by atoms with Crippen LogP contribution in [0.5, 0.6) is 0 Å². The Morgan fingerprint density at radius 2 is 2.03 bits per heavy atom. The maximum absolute atomic E-state index is 6.22. The van der Waals surface area contributed by atoms with Crippen LogP contribution < -0.4 is 11.1 Å². The number of nitrogens with zero attached hydrogens (tertiary/aromatic N) is 4. The molecule has 1 aliphatic rings. The minimum atomic E-state index is 0.277. The van der Waals surface area contributed by atoms with Crippen molar-refractivity contribution in [3.8, 4) is 16.1 Å². The Morgan fingerprint density at radius 1 is 1.15 bits per heavy atom. The van der Waals surface area contributed by atoms with E-state index in [1.54, 1.807) is 11.3 Å². The standard InChI is InChI=1S/C26H30N6S/c1-19-15-32(18-30-19)24-11-20(16-31-9-5-8-22(27)17-31)10-23(12-24)28-14-26-29-13-25(33-26)21-6-3-2-4-7-21/h2-4,6-7,10-13,15,18,22,28H,5,8-9,14,16-17,27H2,1H3/t22-/m0/s1. The summed E-state index contributed by atoms with van der Waals surface area (Å²) in [4.78, 5) is 12.7. The summed E-state index contributed by atoms with van der Waals surface area (Å²) in [5, 5.41) is 4.67. The number of hydrogen-bond acceptors (Lipinski definition) is 6. The number of nitrogens with one attached hydrogen (secondary N) is 1. The fourth-order valence-corrected chi connectivity index (χ4v) is 5.24. The van der Waals surface area contributed by atoms with Gasteiger partial charge in [-0.1, -0.05) is 30.3 Å². The average molecular weight is 459 g/mol. The summed E-state index contributed by atoms with van der Waals surface area (Å²) < 4.78 is 2.09. The molecule has 4 aromatic rings. The van der Waals surface area contributed by atoms with Crippen LogP contribution in [0.1, 0.15) is 29.1 Å². The van der Waals surface area contributed by atoms with Gasteiger partial charge in [0, 0.05) is 42.9 Å². The smallest absolute Gasteiger partial charge is 0.112 e. The van der Waals surface area contributed by atoms with Crippen molar-refractivity contribution in [1.29, 1.82) is 0 Å². The molecule has 0 saturated carbocycles. The van der Waals surface area contributed by atoms with Gasteiger partial charge in [0.1, 0.15) is 5.01 Å². The SMILES string of the molecule is Cc1cn(-c2cc(CN3CCC[C@H](N)C3)cc(NCc3ncc(-c4ccccc4)s3)c2)cn1. The Bertz CT molecular complexity index is 1200. The van der Waals surface area contributed by atoms with Crippen molar-refractivity contribution >= 4 is 17.0 Å². The molecule has 170 valence electrons. The highest BCUT2D eigenvalue weighted by Gasteiger charge is 2.17. The third-order valence-corrected chi connectivity index (χ3v) is 7.04. The number of aryl methyl sites for hydroxylation is 1. The molecule has 0 spiro atoms. The number of rotatable bonds is 7. The fourth-order valence-electron chi connectivity index (χ4n) is 4.38. The van der Waals surface area contributed by atoms with E-state index in [-0.39, 0.29) is 6.04 Å². The van der Waals surface area contributed by atoms with E-state index in [0.29, 0.717) is 6.54 Å². The number of piperidine rings is 1. The molecular formula is C26H30N6S. The van der Waals surface area contributed by atoms with E-state index in [9.17, 15) is 0 Å². The number of nitrogens with two attached hydrogens (primary N) is 1. The van der Waals surface area contributed by atoms with Crippen LogP contribution in [0.4, 0.5) is 5.69 Å². The second kappa shape index (κ2) is 9.87. The van der Waals surface area contributed by atoms with Gasteiger partial charge in [-0.25, -0.2) is 9.97 Å². The Kier molecular flexibility index (Phi) is 6.53. The number of imidazole rings is 1. The predicted octanol–water partition coefficient (Wildman–Crippen LogP) is 4.84. The van der Waals surface area contributed by atoms with Gasteiger partial charge in [0.05, 0.1) is 23.4 Å². The molecule has 1 saturated heterocycles. The van der Waals surface area contributed by atoms with Crippen molar-refractivity contribution in [2.45, 2.75) is 38.9 Å². The first-order chi connectivity index (χ1) is 16.1. The van der Waals surface area contributed by atoms with E-state index < -0.39 is 0 Å². The molecule has 33 heavy (non-hydrogen) atoms. The summed E-state index contributed by atoms with van der Waals surface area (Å²) in [6.45, 7) is 5.67. The minimum Gasteiger partial charge on any atom is -0.378 e. The summed E-state index contributed by atoms with van der Waals surface area (Å²) in [6.07, 6.45) is 8.19. The van der Waals surface area contributed by atoms with Gasteiger partial charge in [0.15, 0.2) is 0 Å². The van der Waals surface area contributed by atoms with Gasteiger partial charge in [0.25, 0.3) is 0 Å². The van der Waals surface area contributed by atoms with Gasteiger partial charge in [0.2, 0.25) is 0 Å². The molecule has 2 aromatic carbocycles. The Labute approximate surface area is 199 Å². The van der Waals surface area contributed by atoms with E-state index in [1.165, 1.54) is 22.4 Å². The molecule has 6 nitrogen and oxygen atoms in total. The first-order valence-corrected chi connectivity index (χ1v) is 12.3. The molecule has 1 atom stereocenters. The number of aromatic nitrogens is 3. The molecule has 3 heterocycles. The van der Waals surface area contributed by atoms with E-state index in [1.807, 2.05) is 25.5 Å². The lowest BCUT2D eigenvalue weighted by Crippen LogP contribution is -2.42. The Morgan fingerprint density at radius 3 is 2.82 bits per heavy atom. The maximum Gasteiger partial charge on any atom is 0.112 e. The number of benzene rings is 2. The van der Waals surface area contributed by atoms with Crippen LogP contribution in [0.2, 0.25) is 0 Å². The van der Waals surface area contributed by atoms with Crippen molar-refractivity contribution in [3.05, 3.63) is 83.5 Å². The van der Waals surface area contributed by atoms with E-state index in [4.69, 9.17) is 5.73 Å². The minimum absolute atomic E-state index is 0.277. The normalized spacial score (nSPS) is 16.7. The van der Waals surface area contributed by atoms with Crippen LogP contribution in [-0.2, 0) is 13.1 Å². The summed E-state index contributed by atoms with van der Waals surface area (Å²) in [7, 11) is 0. The second-order valence-corrected chi connectivity index (χ2v) is 9.90. The van der Waals surface area contributed by atoms with Crippen molar-refractivity contribution < 1.29 is 0 Å². The van der Waals surface area contributed by atoms with Crippen molar-refractivity contribution in [1.82, 2.24) is 19.4 Å². The lowest BCUT2D eigenvalue weighted by atomic mass is 10.1. The van der Waals surface area contributed by atoms with Gasteiger partial charge in [-0.2, -0.15) is 0 Å². The number of likely N-dealkylation sites (tertiary alicyclic amines) is 1. The van der Waals surface area contributed by atoms with E-state index in [0.717, 1.165) is 48.1 Å². The molecule has 1 aliphatic heterocycles. The van der Waals surface area contributed by atoms with E-state index >= 15 is 0 Å². The molecule has 0 aliphatic carbocycles. The third-order valence-electron chi connectivity index (χ3n) is 5.99. The molecule has 0 bridgehead atoms. The zero-order chi connectivity index (χ0) is 22.6. The molecule has 7 heteroatoms. The van der Waals surface area contributed by atoms with Crippen LogP contribution in [0.3, 0.4) is 0 Å². The first-order valence-electron chi connectivity index (χ1n) is 11.5. The highest BCUT2D eigenvalue weighted by Crippen LogP contribution is 2.27. The van der Waals surface area contributed by atoms with E-state index in [2.05, 4.69) is 73.4 Å². The molecule has 2 aromatic heterocycles. The van der Waals surface area contributed by atoms with Crippen molar-refractivity contribution in [3.63, 3.8) is 0 Å². The van der Waals surface area contributed by atoms with Crippen LogP contribution in [0, 0.1) is 6.92 Å². The van der Waals surface area contributed by atoms with Crippen LogP contribution in [-0.4, -0.2) is 38.6 Å². The van der Waals surface area contributed by atoms with Gasteiger partial charge in [-0.05, 0) is 55.6 Å². The van der Waals surface area contributed by atoms with Crippen LogP contribution in [0.15, 0.2) is 67.3 Å². The second-order valence-electron chi connectivity index (χ2n) is 8.79. The number of thiazole rings is 1. The van der Waals surface area contributed by atoms with Crippen LogP contribution in [0.25, 0.3) is 16.1 Å². The van der Waals surface area contributed by atoms with Gasteiger partial charge < -0.3 is 15.6 Å². The van der Waals surface area contributed by atoms with Gasteiger partial charge >= 0.3 is 0 Å². The highest BCUT2D eigenvalue weighted by atomic mass is 32.1. The summed E-state index contributed by atoms with van der Waals surface area (Å²) in [5.74, 6) is 0. The highest BCUT2D eigenvalue weighted by molar-refractivity contribution is 7.15. The quantitative estimate of drug-likeness (QED) is 0.415. The Balaban J connectivity index is 1.35. The summed E-state index contributed by atoms with van der Waals surface area (Å²) >= 11 is 1.73. The maximum atomic E-state index is 6.22. The molecule has 3 N–H and O–H groups in total. The summed E-state index contributed by atoms with van der Waals surface area (Å²) in [6, 6.07) is 17.4. The predicted molar refractivity (Wildman–Crippen MR) is 136 cm³/mol. The van der Waals surface area contributed by atoms with Gasteiger partial charge in [-0.3, -0.25) is 4.90 Å². The van der Waals surface area contributed by atoms with Crippen molar-refractivity contribution in [2.24, 2.45) is 5.73 Å². The molecule has 5 rings (SSSR count). The third kappa shape index (κ3) is 5.50. The largest absolute Gasteiger partial charge is 0.378 e. The van der Waals surface area contributed by atoms with Gasteiger partial charge in [-0.15, -0.1) is 11.3 Å². The lowest BCUT2D eigenvalue weighted by Gasteiger charge is -2.30. The zero-order valence-corrected chi connectivity index (χ0v) is 19.8. The zero-order valence-electron chi connectivity index (χ0n) is 18.9. The molecular weight excluding hydrogens is 428 g/mol. The Hall–Kier alpha value is -3.00.